The van der Waals surface area contributed by atoms with E-state index in [1.807, 2.05) is 31.2 Å². The number of hydrogen-bond acceptors (Lipinski definition) is 4. The van der Waals surface area contributed by atoms with Crippen LogP contribution in [0, 0.1) is 24.1 Å². The summed E-state index contributed by atoms with van der Waals surface area (Å²) in [4.78, 5) is 14.7. The van der Waals surface area contributed by atoms with Crippen LogP contribution >= 0.6 is 0 Å². The van der Waals surface area contributed by atoms with Crippen molar-refractivity contribution in [2.75, 3.05) is 6.73 Å². The topological polar surface area (TPSA) is 62.4 Å². The molecule has 0 aliphatic carbocycles. The molecule has 0 aliphatic rings. The van der Waals surface area contributed by atoms with Gasteiger partial charge >= 0.3 is 0 Å². The molecule has 0 N–H and O–H groups in total. The van der Waals surface area contributed by atoms with Crippen molar-refractivity contribution in [1.82, 2.24) is 0 Å². The van der Waals surface area contributed by atoms with Gasteiger partial charge in [0.2, 0.25) is 0 Å². The van der Waals surface area contributed by atoms with Gasteiger partial charge in [-0.25, -0.2) is 4.39 Å². The molecular weight excluding hydrogens is 307 g/mol. The molecule has 0 saturated heterocycles. The van der Waals surface area contributed by atoms with Crippen molar-refractivity contribution >= 4 is 12.5 Å². The Labute approximate surface area is 140 Å². The molecule has 0 radical (unpaired) electrons. The van der Waals surface area contributed by atoms with E-state index < -0.39 is 5.82 Å². The maximum Gasteiger partial charge on any atom is 0.137 e. The Morgan fingerprint density at radius 1 is 1.25 bits per heavy atom. The van der Waals surface area contributed by atoms with Crippen LogP contribution in [0.25, 0.3) is 0 Å². The van der Waals surface area contributed by atoms with E-state index in [9.17, 15) is 9.18 Å². The quantitative estimate of drug-likeness (QED) is 0.446. The fourth-order valence-electron chi connectivity index (χ4n) is 2.20. The number of halogens is 1. The van der Waals surface area contributed by atoms with Gasteiger partial charge in [0.25, 0.3) is 0 Å². The summed E-state index contributed by atoms with van der Waals surface area (Å²) in [6.45, 7) is 2.14. The summed E-state index contributed by atoms with van der Waals surface area (Å²) >= 11 is 0. The second-order valence-electron chi connectivity index (χ2n) is 5.26. The van der Waals surface area contributed by atoms with Crippen LogP contribution in [-0.2, 0) is 22.6 Å². The first-order valence-electron chi connectivity index (χ1n) is 7.43. The Kier molecular flexibility index (Phi) is 6.35. The number of benzene rings is 2. The number of aldehydes is 1. The molecule has 0 amide bonds. The summed E-state index contributed by atoms with van der Waals surface area (Å²) in [5.74, 6) is -0.459. The highest BCUT2D eigenvalue weighted by Gasteiger charge is 2.03. The first-order chi connectivity index (χ1) is 11.6. The van der Waals surface area contributed by atoms with Gasteiger partial charge in [-0.15, -0.1) is 0 Å². The molecule has 0 fully saturated rings. The Hall–Kier alpha value is -2.84. The molecule has 2 aromatic carbocycles. The summed E-state index contributed by atoms with van der Waals surface area (Å²) < 4.78 is 19.0. The van der Waals surface area contributed by atoms with E-state index in [0.29, 0.717) is 12.0 Å². The molecule has 2 aromatic rings. The average molecular weight is 324 g/mol. The first-order valence-corrected chi connectivity index (χ1v) is 7.43. The van der Waals surface area contributed by atoms with Crippen molar-refractivity contribution < 1.29 is 13.9 Å². The fraction of sp³-hybridized carbons (Fsp3) is 0.211. The largest absolute Gasteiger partial charge is 0.355 e. The Morgan fingerprint density at radius 2 is 2.04 bits per heavy atom. The van der Waals surface area contributed by atoms with E-state index in [0.717, 1.165) is 23.0 Å². The number of rotatable bonds is 7. The number of nitriles is 1. The number of nitrogens with zero attached hydrogens (tertiary/aromatic N) is 2. The third-order valence-corrected chi connectivity index (χ3v) is 3.52. The summed E-state index contributed by atoms with van der Waals surface area (Å²) in [5.41, 5.74) is 3.61. The number of carbonyl (C=O) groups excluding carboxylic acids is 1. The van der Waals surface area contributed by atoms with Crippen LogP contribution in [0.15, 0.2) is 41.4 Å². The molecule has 0 unspecified atom stereocenters. The fourth-order valence-corrected chi connectivity index (χ4v) is 2.20. The average Bonchev–Trinajstić information content (AvgIpc) is 2.58. The smallest absolute Gasteiger partial charge is 0.137 e. The SMILES string of the molecule is Cc1cc(/C=N/COCc2ccc(C#N)cc2F)ccc1CC=O. The highest BCUT2D eigenvalue weighted by molar-refractivity contribution is 5.80. The van der Waals surface area contributed by atoms with E-state index >= 15 is 0 Å². The van der Waals surface area contributed by atoms with E-state index in [1.165, 1.54) is 12.1 Å². The first kappa shape index (κ1) is 17.5. The number of aliphatic imine (C=N–C) groups is 1. The van der Waals surface area contributed by atoms with Gasteiger partial charge in [-0.2, -0.15) is 5.26 Å². The maximum absolute atomic E-state index is 13.7. The lowest BCUT2D eigenvalue weighted by molar-refractivity contribution is -0.107. The zero-order valence-electron chi connectivity index (χ0n) is 13.3. The van der Waals surface area contributed by atoms with Gasteiger partial charge in [0.15, 0.2) is 0 Å². The number of aryl methyl sites for hydroxylation is 1. The Bertz CT molecular complexity index is 794. The van der Waals surface area contributed by atoms with Crippen molar-refractivity contribution in [1.29, 1.82) is 5.26 Å². The summed E-state index contributed by atoms with van der Waals surface area (Å²) in [7, 11) is 0. The Balaban J connectivity index is 1.86. The lowest BCUT2D eigenvalue weighted by Crippen LogP contribution is -1.98. The molecule has 0 aromatic heterocycles. The van der Waals surface area contributed by atoms with Gasteiger partial charge in [-0.1, -0.05) is 24.3 Å². The molecule has 0 heterocycles. The zero-order valence-corrected chi connectivity index (χ0v) is 13.3. The number of ether oxygens (including phenoxy) is 1. The van der Waals surface area contributed by atoms with Gasteiger partial charge in [0.1, 0.15) is 18.8 Å². The van der Waals surface area contributed by atoms with Crippen molar-refractivity contribution in [2.45, 2.75) is 20.0 Å². The van der Waals surface area contributed by atoms with Crippen molar-refractivity contribution in [3.63, 3.8) is 0 Å². The lowest BCUT2D eigenvalue weighted by atomic mass is 10.0. The highest BCUT2D eigenvalue weighted by Crippen LogP contribution is 2.12. The molecule has 5 heteroatoms. The minimum absolute atomic E-state index is 0.0895. The minimum atomic E-state index is -0.459. The summed E-state index contributed by atoms with van der Waals surface area (Å²) in [5, 5.41) is 8.69. The maximum atomic E-state index is 13.7. The zero-order chi connectivity index (χ0) is 17.4. The van der Waals surface area contributed by atoms with E-state index in [2.05, 4.69) is 4.99 Å². The molecule has 0 saturated carbocycles. The second-order valence-corrected chi connectivity index (χ2v) is 5.26. The highest BCUT2D eigenvalue weighted by atomic mass is 19.1. The van der Waals surface area contributed by atoms with Crippen LogP contribution < -0.4 is 0 Å². The molecule has 122 valence electrons. The van der Waals surface area contributed by atoms with Gasteiger partial charge in [-0.3, -0.25) is 4.99 Å². The normalized spacial score (nSPS) is 10.7. The Morgan fingerprint density at radius 3 is 2.71 bits per heavy atom. The number of carbonyl (C=O) groups is 1. The van der Waals surface area contributed by atoms with E-state index in [-0.39, 0.29) is 18.9 Å². The van der Waals surface area contributed by atoms with Gasteiger partial charge < -0.3 is 9.53 Å². The van der Waals surface area contributed by atoms with Crippen LogP contribution in [0.2, 0.25) is 0 Å². The monoisotopic (exact) mass is 324 g/mol. The molecule has 0 spiro atoms. The van der Waals surface area contributed by atoms with Crippen molar-refractivity contribution in [3.8, 4) is 6.07 Å². The van der Waals surface area contributed by atoms with Crippen LogP contribution in [0.3, 0.4) is 0 Å². The van der Waals surface area contributed by atoms with E-state index in [4.69, 9.17) is 10.00 Å². The van der Waals surface area contributed by atoms with Crippen LogP contribution in [0.1, 0.15) is 27.8 Å². The van der Waals surface area contributed by atoms with Crippen LogP contribution in [0.5, 0.6) is 0 Å². The predicted molar refractivity (Wildman–Crippen MR) is 89.3 cm³/mol. The summed E-state index contributed by atoms with van der Waals surface area (Å²) in [6.07, 6.45) is 2.96. The predicted octanol–water partition coefficient (Wildman–Crippen LogP) is 3.34. The van der Waals surface area contributed by atoms with Crippen LogP contribution in [-0.4, -0.2) is 19.2 Å². The third kappa shape index (κ3) is 4.83. The van der Waals surface area contributed by atoms with Gasteiger partial charge in [-0.05, 0) is 35.7 Å². The van der Waals surface area contributed by atoms with E-state index in [1.54, 1.807) is 12.3 Å². The van der Waals surface area contributed by atoms with Gasteiger partial charge in [0, 0.05) is 18.2 Å². The third-order valence-electron chi connectivity index (χ3n) is 3.52. The molecule has 2 rings (SSSR count). The molecule has 0 aliphatic heterocycles. The van der Waals surface area contributed by atoms with Crippen molar-refractivity contribution in [2.24, 2.45) is 4.99 Å². The molecule has 0 bridgehead atoms. The number of hydrogen-bond donors (Lipinski definition) is 0. The summed E-state index contributed by atoms with van der Waals surface area (Å²) in [6, 6.07) is 11.9. The standard InChI is InChI=1S/C19H17FN2O2/c1-14-8-16(3-4-17(14)6-7-23)11-22-13-24-12-18-5-2-15(10-21)9-19(18)20/h2-5,7-9,11H,6,12-13H2,1H3/b22-11+. The molecule has 24 heavy (non-hydrogen) atoms. The molecule has 0 atom stereocenters. The lowest BCUT2D eigenvalue weighted by Gasteiger charge is -2.04. The molecular formula is C19H17FN2O2. The van der Waals surface area contributed by atoms with Gasteiger partial charge in [0.05, 0.1) is 18.2 Å². The second kappa shape index (κ2) is 8.70. The van der Waals surface area contributed by atoms with Crippen LogP contribution in [0.4, 0.5) is 4.39 Å². The molecule has 4 nitrogen and oxygen atoms in total. The minimum Gasteiger partial charge on any atom is -0.355 e. The van der Waals surface area contributed by atoms with Crippen molar-refractivity contribution in [3.05, 3.63) is 70.0 Å².